The van der Waals surface area contributed by atoms with Crippen LogP contribution in [0.25, 0.3) is 0 Å². The molecule has 0 rings (SSSR count). The van der Waals surface area contributed by atoms with Crippen molar-refractivity contribution in [3.05, 3.63) is 23.9 Å². The maximum Gasteiger partial charge on any atom is 0.291 e. The molecule has 13 heavy (non-hydrogen) atoms. The van der Waals surface area contributed by atoms with Gasteiger partial charge in [-0.05, 0) is 19.4 Å². The lowest BCUT2D eigenvalue weighted by Gasteiger charge is -2.01. The molecule has 0 aromatic rings. The number of ketones is 1. The Labute approximate surface area is 78.5 Å². The number of hydrogen-bond acceptors (Lipinski definition) is 2. The van der Waals surface area contributed by atoms with Gasteiger partial charge in [-0.2, -0.15) is 0 Å². The molecule has 0 saturated heterocycles. The van der Waals surface area contributed by atoms with Crippen molar-refractivity contribution < 1.29 is 9.59 Å². The van der Waals surface area contributed by atoms with Gasteiger partial charge in [-0.1, -0.05) is 19.1 Å². The first-order valence-electron chi connectivity index (χ1n) is 4.26. The molecular weight excluding hydrogens is 166 g/mol. The topological polar surface area (TPSA) is 46.2 Å². The largest absolute Gasteiger partial charge is 0.320 e. The van der Waals surface area contributed by atoms with Crippen molar-refractivity contribution in [3.8, 4) is 0 Å². The number of Topliss-reactive ketones (excluding diaryl/α,β-unsaturated/α-hetero) is 1. The lowest BCUT2D eigenvalue weighted by molar-refractivity contribution is -0.136. The van der Waals surface area contributed by atoms with Gasteiger partial charge in [0, 0.05) is 12.6 Å². The third kappa shape index (κ3) is 4.95. The number of hydrogen-bond donors (Lipinski definition) is 1. The lowest BCUT2D eigenvalue weighted by Crippen LogP contribution is -2.27. The average Bonchev–Trinajstić information content (AvgIpc) is 2.11. The molecule has 0 aliphatic rings. The molecule has 0 atom stereocenters. The summed E-state index contributed by atoms with van der Waals surface area (Å²) in [5, 5.41) is 2.49. The number of nitrogens with one attached hydrogen (secondary N) is 1. The van der Waals surface area contributed by atoms with Crippen molar-refractivity contribution >= 4 is 11.7 Å². The van der Waals surface area contributed by atoms with E-state index in [0.29, 0.717) is 5.70 Å². The van der Waals surface area contributed by atoms with Crippen molar-refractivity contribution in [3.63, 3.8) is 0 Å². The van der Waals surface area contributed by atoms with Gasteiger partial charge in [-0.25, -0.2) is 0 Å². The highest BCUT2D eigenvalue weighted by Gasteiger charge is 2.06. The van der Waals surface area contributed by atoms with E-state index >= 15 is 0 Å². The van der Waals surface area contributed by atoms with Crippen LogP contribution in [0.5, 0.6) is 0 Å². The van der Waals surface area contributed by atoms with Crippen molar-refractivity contribution in [2.24, 2.45) is 0 Å². The van der Waals surface area contributed by atoms with Gasteiger partial charge in [0.2, 0.25) is 5.78 Å². The molecule has 1 N–H and O–H groups in total. The molecule has 0 fully saturated rings. The van der Waals surface area contributed by atoms with Crippen LogP contribution in [0.4, 0.5) is 0 Å². The standard InChI is InChI=1S/C10H15NO2/c1-4-6-7-9(5-2)11-10(13)8(3)12/h5-7H,4H2,1-3H3,(H,11,13)/b7-6-,9-5+. The maximum absolute atomic E-state index is 10.9. The highest BCUT2D eigenvalue weighted by molar-refractivity contribution is 6.35. The molecule has 3 heteroatoms. The number of amides is 1. The van der Waals surface area contributed by atoms with Crippen LogP contribution < -0.4 is 5.32 Å². The Morgan fingerprint density at radius 2 is 2.00 bits per heavy atom. The summed E-state index contributed by atoms with van der Waals surface area (Å²) in [5.74, 6) is -1.06. The van der Waals surface area contributed by atoms with Crippen LogP contribution in [-0.2, 0) is 9.59 Å². The molecular formula is C10H15NO2. The van der Waals surface area contributed by atoms with Gasteiger partial charge >= 0.3 is 0 Å². The number of carbonyl (C=O) groups excluding carboxylic acids is 2. The zero-order valence-corrected chi connectivity index (χ0v) is 8.26. The van der Waals surface area contributed by atoms with Crippen molar-refractivity contribution in [1.82, 2.24) is 5.32 Å². The van der Waals surface area contributed by atoms with Crippen molar-refractivity contribution in [1.29, 1.82) is 0 Å². The summed E-state index contributed by atoms with van der Waals surface area (Å²) in [6, 6.07) is 0. The summed E-state index contributed by atoms with van der Waals surface area (Å²) in [7, 11) is 0. The summed E-state index contributed by atoms with van der Waals surface area (Å²) in [4.78, 5) is 21.5. The quantitative estimate of drug-likeness (QED) is 0.528. The Kier molecular flexibility index (Phi) is 5.52. The normalized spacial score (nSPS) is 11.8. The molecule has 0 aromatic carbocycles. The van der Waals surface area contributed by atoms with E-state index in [2.05, 4.69) is 5.32 Å². The van der Waals surface area contributed by atoms with Crippen LogP contribution >= 0.6 is 0 Å². The molecule has 0 aromatic heterocycles. The fourth-order valence-corrected chi connectivity index (χ4v) is 0.674. The molecule has 0 bridgehead atoms. The molecule has 3 nitrogen and oxygen atoms in total. The second-order valence-corrected chi connectivity index (χ2v) is 2.56. The minimum Gasteiger partial charge on any atom is -0.320 e. The fraction of sp³-hybridized carbons (Fsp3) is 0.400. The molecule has 0 unspecified atom stereocenters. The predicted octanol–water partition coefficient (Wildman–Crippen LogP) is 1.56. The second kappa shape index (κ2) is 6.17. The second-order valence-electron chi connectivity index (χ2n) is 2.56. The van der Waals surface area contributed by atoms with Gasteiger partial charge in [-0.15, -0.1) is 0 Å². The van der Waals surface area contributed by atoms with E-state index in [9.17, 15) is 9.59 Å². The van der Waals surface area contributed by atoms with Crippen LogP contribution in [0, 0.1) is 0 Å². The summed E-state index contributed by atoms with van der Waals surface area (Å²) < 4.78 is 0. The summed E-state index contributed by atoms with van der Waals surface area (Å²) in [5.41, 5.74) is 0.655. The number of rotatable bonds is 4. The SMILES string of the molecule is C/C=C(\C=C/CC)NC(=O)C(C)=O. The van der Waals surface area contributed by atoms with Crippen LogP contribution in [0.15, 0.2) is 23.9 Å². The molecule has 0 heterocycles. The van der Waals surface area contributed by atoms with E-state index in [1.165, 1.54) is 6.92 Å². The van der Waals surface area contributed by atoms with E-state index in [1.54, 1.807) is 19.1 Å². The third-order valence-corrected chi connectivity index (χ3v) is 1.42. The Morgan fingerprint density at radius 1 is 1.38 bits per heavy atom. The summed E-state index contributed by atoms with van der Waals surface area (Å²) in [6.07, 6.45) is 6.33. The van der Waals surface area contributed by atoms with Gasteiger partial charge in [0.1, 0.15) is 0 Å². The first kappa shape index (κ1) is 11.6. The predicted molar refractivity (Wildman–Crippen MR) is 52.0 cm³/mol. The Bertz CT molecular complexity index is 252. The van der Waals surface area contributed by atoms with Gasteiger partial charge < -0.3 is 5.32 Å². The van der Waals surface area contributed by atoms with E-state index in [1.807, 2.05) is 13.0 Å². The molecule has 1 amide bonds. The number of carbonyl (C=O) groups is 2. The van der Waals surface area contributed by atoms with Crippen LogP contribution in [0.2, 0.25) is 0 Å². The Balaban J connectivity index is 4.23. The zero-order chi connectivity index (χ0) is 10.3. The third-order valence-electron chi connectivity index (χ3n) is 1.42. The Morgan fingerprint density at radius 3 is 2.38 bits per heavy atom. The summed E-state index contributed by atoms with van der Waals surface area (Å²) in [6.45, 7) is 5.04. The van der Waals surface area contributed by atoms with E-state index < -0.39 is 11.7 Å². The van der Waals surface area contributed by atoms with Gasteiger partial charge in [-0.3, -0.25) is 9.59 Å². The van der Waals surface area contributed by atoms with Crippen LogP contribution in [0.3, 0.4) is 0 Å². The van der Waals surface area contributed by atoms with Crippen molar-refractivity contribution in [2.75, 3.05) is 0 Å². The zero-order valence-electron chi connectivity index (χ0n) is 8.26. The highest BCUT2D eigenvalue weighted by atomic mass is 16.2. The van der Waals surface area contributed by atoms with Gasteiger partial charge in [0.25, 0.3) is 5.91 Å². The molecule has 0 saturated carbocycles. The van der Waals surface area contributed by atoms with Crippen LogP contribution in [0.1, 0.15) is 27.2 Å². The molecule has 0 radical (unpaired) electrons. The smallest absolute Gasteiger partial charge is 0.291 e. The molecule has 0 spiro atoms. The maximum atomic E-state index is 10.9. The van der Waals surface area contributed by atoms with E-state index in [-0.39, 0.29) is 0 Å². The monoisotopic (exact) mass is 181 g/mol. The average molecular weight is 181 g/mol. The summed E-state index contributed by atoms with van der Waals surface area (Å²) >= 11 is 0. The van der Waals surface area contributed by atoms with Gasteiger partial charge in [0.05, 0.1) is 0 Å². The molecule has 0 aliphatic heterocycles. The highest BCUT2D eigenvalue weighted by Crippen LogP contribution is 1.93. The minimum absolute atomic E-state index is 0.482. The fourth-order valence-electron chi connectivity index (χ4n) is 0.674. The van der Waals surface area contributed by atoms with E-state index in [4.69, 9.17) is 0 Å². The Hall–Kier alpha value is -1.38. The lowest BCUT2D eigenvalue weighted by atomic mass is 10.3. The van der Waals surface area contributed by atoms with Gasteiger partial charge in [0.15, 0.2) is 0 Å². The number of allylic oxidation sites excluding steroid dienone is 3. The minimum atomic E-state index is -0.575. The molecule has 0 aliphatic carbocycles. The van der Waals surface area contributed by atoms with E-state index in [0.717, 1.165) is 6.42 Å². The molecule has 72 valence electrons. The van der Waals surface area contributed by atoms with Crippen LogP contribution in [-0.4, -0.2) is 11.7 Å². The van der Waals surface area contributed by atoms with Crippen molar-refractivity contribution in [2.45, 2.75) is 27.2 Å². The first-order chi connectivity index (χ1) is 6.11. The first-order valence-corrected chi connectivity index (χ1v) is 4.26.